The standard InChI is InChI=1S/C22H25N5O3S/c1-12-4-5-20-24-16(10-26(20)8-12)22(30)27-9-15(23)7-18(27)21-25-17(11-31-21)19(29)6-13(2)14(3)28/h4-5,8,10-11,13,15,18H,6-7,9,23H2,1-3H3/t13-,15-,18+/m1/s1. The molecule has 4 heterocycles. The Kier molecular flexibility index (Phi) is 5.72. The highest BCUT2D eigenvalue weighted by Crippen LogP contribution is 2.34. The SMILES string of the molecule is CC(=O)[C@H](C)CC(=O)c1csc([C@@H]2C[C@@H](N)CN2C(=O)c2cn3cc(C)ccc3n2)n1. The van der Waals surface area contributed by atoms with Crippen LogP contribution in [0.1, 0.15) is 64.3 Å². The molecule has 2 N–H and O–H groups in total. The summed E-state index contributed by atoms with van der Waals surface area (Å²) in [5.41, 5.74) is 8.65. The number of hydrogen-bond acceptors (Lipinski definition) is 7. The van der Waals surface area contributed by atoms with Crippen molar-refractivity contribution in [1.29, 1.82) is 0 Å². The van der Waals surface area contributed by atoms with Gasteiger partial charge in [-0.05, 0) is 31.9 Å². The molecule has 1 amide bonds. The molecule has 8 nitrogen and oxygen atoms in total. The summed E-state index contributed by atoms with van der Waals surface area (Å²) >= 11 is 1.34. The second-order valence-electron chi connectivity index (χ2n) is 8.28. The van der Waals surface area contributed by atoms with E-state index in [0.717, 1.165) is 5.56 Å². The summed E-state index contributed by atoms with van der Waals surface area (Å²) in [4.78, 5) is 47.9. The van der Waals surface area contributed by atoms with Gasteiger partial charge in [0.25, 0.3) is 5.91 Å². The average molecular weight is 440 g/mol. The van der Waals surface area contributed by atoms with Crippen LogP contribution in [-0.2, 0) is 4.79 Å². The van der Waals surface area contributed by atoms with E-state index in [1.165, 1.54) is 18.3 Å². The lowest BCUT2D eigenvalue weighted by atomic mass is 10.00. The Labute approximate surface area is 184 Å². The summed E-state index contributed by atoms with van der Waals surface area (Å²) in [6.45, 7) is 5.60. The van der Waals surface area contributed by atoms with Crippen molar-refractivity contribution in [1.82, 2.24) is 19.3 Å². The number of ketones is 2. The van der Waals surface area contributed by atoms with Crippen molar-refractivity contribution in [2.75, 3.05) is 6.54 Å². The van der Waals surface area contributed by atoms with Gasteiger partial charge in [0.1, 0.15) is 27.8 Å². The van der Waals surface area contributed by atoms with Gasteiger partial charge in [0.15, 0.2) is 5.78 Å². The van der Waals surface area contributed by atoms with Crippen molar-refractivity contribution < 1.29 is 14.4 Å². The molecule has 1 saturated heterocycles. The number of likely N-dealkylation sites (tertiary alicyclic amines) is 1. The van der Waals surface area contributed by atoms with E-state index in [1.54, 1.807) is 23.4 Å². The molecule has 0 bridgehead atoms. The minimum absolute atomic E-state index is 0.0232. The fourth-order valence-corrected chi connectivity index (χ4v) is 4.72. The van der Waals surface area contributed by atoms with Crippen LogP contribution in [0.2, 0.25) is 0 Å². The smallest absolute Gasteiger partial charge is 0.274 e. The van der Waals surface area contributed by atoms with E-state index in [4.69, 9.17) is 5.73 Å². The Morgan fingerprint density at radius 2 is 2.00 bits per heavy atom. The van der Waals surface area contributed by atoms with E-state index in [9.17, 15) is 14.4 Å². The minimum atomic E-state index is -0.339. The van der Waals surface area contributed by atoms with Gasteiger partial charge in [-0.1, -0.05) is 13.0 Å². The second kappa shape index (κ2) is 8.32. The molecule has 3 aromatic heterocycles. The zero-order chi connectivity index (χ0) is 22.3. The van der Waals surface area contributed by atoms with Crippen molar-refractivity contribution in [2.45, 2.75) is 45.7 Å². The molecule has 0 radical (unpaired) electrons. The molecule has 9 heteroatoms. The number of hydrogen-bond donors (Lipinski definition) is 1. The molecule has 162 valence electrons. The largest absolute Gasteiger partial charge is 0.326 e. The van der Waals surface area contributed by atoms with Crippen molar-refractivity contribution in [3.05, 3.63) is 51.9 Å². The van der Waals surface area contributed by atoms with E-state index in [1.807, 2.05) is 29.7 Å². The quantitative estimate of drug-likeness (QED) is 0.591. The highest BCUT2D eigenvalue weighted by molar-refractivity contribution is 7.09. The molecule has 31 heavy (non-hydrogen) atoms. The first-order chi connectivity index (χ1) is 14.7. The van der Waals surface area contributed by atoms with Crippen molar-refractivity contribution in [3.63, 3.8) is 0 Å². The second-order valence-corrected chi connectivity index (χ2v) is 9.17. The molecule has 3 aromatic rings. The third kappa shape index (κ3) is 4.28. The van der Waals surface area contributed by atoms with E-state index in [2.05, 4.69) is 9.97 Å². The number of pyridine rings is 1. The molecule has 3 atom stereocenters. The molecule has 0 spiro atoms. The number of carbonyl (C=O) groups is 3. The molecular formula is C22H25N5O3S. The summed E-state index contributed by atoms with van der Waals surface area (Å²) < 4.78 is 1.84. The summed E-state index contributed by atoms with van der Waals surface area (Å²) in [7, 11) is 0. The van der Waals surface area contributed by atoms with Crippen LogP contribution >= 0.6 is 11.3 Å². The maximum atomic E-state index is 13.3. The summed E-state index contributed by atoms with van der Waals surface area (Å²) in [6.07, 6.45) is 4.35. The number of aromatic nitrogens is 3. The average Bonchev–Trinajstić information content (AvgIpc) is 3.44. The van der Waals surface area contributed by atoms with Crippen molar-refractivity contribution >= 4 is 34.5 Å². The van der Waals surface area contributed by atoms with Crippen LogP contribution < -0.4 is 5.73 Å². The van der Waals surface area contributed by atoms with Crippen LogP contribution in [0, 0.1) is 12.8 Å². The van der Waals surface area contributed by atoms with E-state index >= 15 is 0 Å². The van der Waals surface area contributed by atoms with Crippen LogP contribution in [0.3, 0.4) is 0 Å². The van der Waals surface area contributed by atoms with Crippen LogP contribution in [0.5, 0.6) is 0 Å². The van der Waals surface area contributed by atoms with Crippen LogP contribution in [-0.4, -0.2) is 49.3 Å². The van der Waals surface area contributed by atoms with Gasteiger partial charge in [-0.2, -0.15) is 0 Å². The van der Waals surface area contributed by atoms with Gasteiger partial charge in [0, 0.05) is 42.7 Å². The molecule has 0 unspecified atom stereocenters. The van der Waals surface area contributed by atoms with Gasteiger partial charge in [-0.25, -0.2) is 9.97 Å². The molecule has 1 aliphatic heterocycles. The highest BCUT2D eigenvalue weighted by atomic mass is 32.1. The Morgan fingerprint density at radius 1 is 1.23 bits per heavy atom. The van der Waals surface area contributed by atoms with Gasteiger partial charge in [-0.15, -0.1) is 11.3 Å². The lowest BCUT2D eigenvalue weighted by molar-refractivity contribution is -0.120. The number of thiazole rings is 1. The Hall–Kier alpha value is -2.91. The number of imidazole rings is 1. The molecule has 0 saturated carbocycles. The number of rotatable bonds is 6. The summed E-state index contributed by atoms with van der Waals surface area (Å²) in [5.74, 6) is -0.729. The molecule has 4 rings (SSSR count). The summed E-state index contributed by atoms with van der Waals surface area (Å²) in [6, 6.07) is 3.35. The number of fused-ring (bicyclic) bond motifs is 1. The zero-order valence-electron chi connectivity index (χ0n) is 17.7. The topological polar surface area (TPSA) is 111 Å². The molecule has 1 aliphatic rings. The van der Waals surface area contributed by atoms with Gasteiger partial charge < -0.3 is 15.0 Å². The number of carbonyl (C=O) groups excluding carboxylic acids is 3. The van der Waals surface area contributed by atoms with Gasteiger partial charge >= 0.3 is 0 Å². The predicted octanol–water partition coefficient (Wildman–Crippen LogP) is 2.81. The first-order valence-electron chi connectivity index (χ1n) is 10.2. The Bertz CT molecular complexity index is 1170. The van der Waals surface area contributed by atoms with Crippen LogP contribution in [0.25, 0.3) is 5.65 Å². The van der Waals surface area contributed by atoms with Gasteiger partial charge in [0.2, 0.25) is 0 Å². The van der Waals surface area contributed by atoms with E-state index < -0.39 is 0 Å². The summed E-state index contributed by atoms with van der Waals surface area (Å²) in [5, 5.41) is 2.38. The van der Waals surface area contributed by atoms with Crippen LogP contribution in [0.4, 0.5) is 0 Å². The molecule has 1 fully saturated rings. The molecule has 0 aromatic carbocycles. The highest BCUT2D eigenvalue weighted by Gasteiger charge is 2.38. The fraction of sp³-hybridized carbons (Fsp3) is 0.409. The Balaban J connectivity index is 1.56. The normalized spacial score (nSPS) is 19.7. The minimum Gasteiger partial charge on any atom is -0.326 e. The molecular weight excluding hydrogens is 414 g/mol. The third-order valence-electron chi connectivity index (χ3n) is 5.69. The van der Waals surface area contributed by atoms with Gasteiger partial charge in [-0.3, -0.25) is 14.4 Å². The Morgan fingerprint density at radius 3 is 2.74 bits per heavy atom. The first kappa shape index (κ1) is 21.3. The first-order valence-corrected chi connectivity index (χ1v) is 11.1. The monoisotopic (exact) mass is 439 g/mol. The lowest BCUT2D eigenvalue weighted by Gasteiger charge is -2.21. The third-order valence-corrected chi connectivity index (χ3v) is 6.64. The maximum absolute atomic E-state index is 13.3. The maximum Gasteiger partial charge on any atom is 0.274 e. The molecule has 0 aliphatic carbocycles. The van der Waals surface area contributed by atoms with E-state index in [0.29, 0.717) is 35.0 Å². The number of Topliss-reactive ketones (excluding diaryl/α,β-unsaturated/α-hetero) is 2. The van der Waals surface area contributed by atoms with Crippen molar-refractivity contribution in [2.24, 2.45) is 11.7 Å². The number of aryl methyl sites for hydroxylation is 1. The van der Waals surface area contributed by atoms with Gasteiger partial charge in [0.05, 0.1) is 6.04 Å². The lowest BCUT2D eigenvalue weighted by Crippen LogP contribution is -2.33. The zero-order valence-corrected chi connectivity index (χ0v) is 18.6. The number of amides is 1. The van der Waals surface area contributed by atoms with E-state index in [-0.39, 0.29) is 41.9 Å². The van der Waals surface area contributed by atoms with Crippen LogP contribution in [0.15, 0.2) is 29.9 Å². The fourth-order valence-electron chi connectivity index (χ4n) is 3.78. The number of nitrogens with two attached hydrogens (primary N) is 1. The predicted molar refractivity (Wildman–Crippen MR) is 117 cm³/mol. The number of nitrogens with zero attached hydrogens (tertiary/aromatic N) is 4. The van der Waals surface area contributed by atoms with Crippen molar-refractivity contribution in [3.8, 4) is 0 Å².